The van der Waals surface area contributed by atoms with Gasteiger partial charge in [-0.3, -0.25) is 4.57 Å². The fourth-order valence-corrected chi connectivity index (χ4v) is 1.00. The molecule has 1 N–H and O–H groups in total. The summed E-state index contributed by atoms with van der Waals surface area (Å²) in [7, 11) is 1.77. The minimum absolute atomic E-state index is 0.0382. The van der Waals surface area contributed by atoms with Crippen molar-refractivity contribution in [2.75, 3.05) is 0 Å². The Morgan fingerprint density at radius 1 is 1.60 bits per heavy atom. The molecule has 0 fully saturated rings. The SMILES string of the molecule is CC(C)c1c[nH]c(=O)n1C. The van der Waals surface area contributed by atoms with E-state index in [9.17, 15) is 4.79 Å². The van der Waals surface area contributed by atoms with Crippen LogP contribution < -0.4 is 5.69 Å². The predicted octanol–water partition coefficient (Wildman–Crippen LogP) is 0.837. The van der Waals surface area contributed by atoms with Gasteiger partial charge < -0.3 is 4.98 Å². The first kappa shape index (κ1) is 7.12. The van der Waals surface area contributed by atoms with Crippen LogP contribution in [-0.2, 0) is 7.05 Å². The van der Waals surface area contributed by atoms with Crippen molar-refractivity contribution in [2.24, 2.45) is 7.05 Å². The van der Waals surface area contributed by atoms with E-state index >= 15 is 0 Å². The van der Waals surface area contributed by atoms with Crippen LogP contribution in [0.4, 0.5) is 0 Å². The molecule has 0 saturated carbocycles. The Hall–Kier alpha value is -0.990. The maximum absolute atomic E-state index is 10.9. The Morgan fingerprint density at radius 3 is 2.40 bits per heavy atom. The van der Waals surface area contributed by atoms with Crippen molar-refractivity contribution in [3.8, 4) is 0 Å². The highest BCUT2D eigenvalue weighted by molar-refractivity contribution is 5.02. The average molecular weight is 140 g/mol. The number of aromatic amines is 1. The van der Waals surface area contributed by atoms with Gasteiger partial charge in [0, 0.05) is 18.9 Å². The molecule has 0 saturated heterocycles. The largest absolute Gasteiger partial charge is 0.325 e. The van der Waals surface area contributed by atoms with Gasteiger partial charge in [-0.2, -0.15) is 0 Å². The number of nitrogens with zero attached hydrogens (tertiary/aromatic N) is 1. The highest BCUT2D eigenvalue weighted by atomic mass is 16.1. The summed E-state index contributed by atoms with van der Waals surface area (Å²) in [6.07, 6.45) is 1.76. The molecule has 0 aliphatic carbocycles. The molecule has 0 radical (unpaired) electrons. The van der Waals surface area contributed by atoms with E-state index < -0.39 is 0 Å². The number of hydrogen-bond acceptors (Lipinski definition) is 1. The molecule has 0 bridgehead atoms. The Labute approximate surface area is 59.7 Å². The normalized spacial score (nSPS) is 10.8. The lowest BCUT2D eigenvalue weighted by atomic mass is 10.1. The summed E-state index contributed by atoms with van der Waals surface area (Å²) < 4.78 is 1.63. The number of nitrogens with one attached hydrogen (secondary N) is 1. The minimum atomic E-state index is -0.0382. The van der Waals surface area contributed by atoms with E-state index in [-0.39, 0.29) is 5.69 Å². The molecule has 56 valence electrons. The van der Waals surface area contributed by atoms with Crippen molar-refractivity contribution < 1.29 is 0 Å². The number of aromatic nitrogens is 2. The molecule has 0 atom stereocenters. The Morgan fingerprint density at radius 2 is 2.20 bits per heavy atom. The second kappa shape index (κ2) is 2.33. The summed E-state index contributed by atoms with van der Waals surface area (Å²) >= 11 is 0. The van der Waals surface area contributed by atoms with Gasteiger partial charge in [-0.05, 0) is 5.92 Å². The number of rotatable bonds is 1. The summed E-state index contributed by atoms with van der Waals surface area (Å²) in [4.78, 5) is 13.5. The Kier molecular flexibility index (Phi) is 1.66. The molecule has 10 heavy (non-hydrogen) atoms. The standard InChI is InChI=1S/C7H12N2O/c1-5(2)6-4-8-7(10)9(6)3/h4-5H,1-3H3,(H,8,10). The van der Waals surface area contributed by atoms with Crippen molar-refractivity contribution in [3.63, 3.8) is 0 Å². The van der Waals surface area contributed by atoms with Crippen LogP contribution in [0.15, 0.2) is 11.0 Å². The van der Waals surface area contributed by atoms with Gasteiger partial charge in [-0.25, -0.2) is 4.79 Å². The van der Waals surface area contributed by atoms with Crippen LogP contribution in [-0.4, -0.2) is 9.55 Å². The van der Waals surface area contributed by atoms with Gasteiger partial charge in [-0.1, -0.05) is 13.8 Å². The third-order valence-corrected chi connectivity index (χ3v) is 1.63. The fraction of sp³-hybridized carbons (Fsp3) is 0.571. The monoisotopic (exact) mass is 140 g/mol. The molecule has 0 unspecified atom stereocenters. The molecule has 1 rings (SSSR count). The second-order valence-corrected chi connectivity index (χ2v) is 2.73. The lowest BCUT2D eigenvalue weighted by molar-refractivity contribution is 0.723. The average Bonchev–Trinajstić information content (AvgIpc) is 2.14. The highest BCUT2D eigenvalue weighted by Crippen LogP contribution is 2.08. The molecule has 1 aromatic rings. The van der Waals surface area contributed by atoms with E-state index in [0.29, 0.717) is 5.92 Å². The van der Waals surface area contributed by atoms with Crippen LogP contribution in [0, 0.1) is 0 Å². The lowest BCUT2D eigenvalue weighted by Crippen LogP contribution is -2.14. The van der Waals surface area contributed by atoms with Crippen molar-refractivity contribution in [1.29, 1.82) is 0 Å². The molecular formula is C7H12N2O. The quantitative estimate of drug-likeness (QED) is 0.616. The van der Waals surface area contributed by atoms with E-state index in [0.717, 1.165) is 5.69 Å². The van der Waals surface area contributed by atoms with Crippen molar-refractivity contribution in [2.45, 2.75) is 19.8 Å². The maximum atomic E-state index is 10.9. The number of hydrogen-bond donors (Lipinski definition) is 1. The molecular weight excluding hydrogens is 128 g/mol. The van der Waals surface area contributed by atoms with Crippen LogP contribution in [0.5, 0.6) is 0 Å². The highest BCUT2D eigenvalue weighted by Gasteiger charge is 2.04. The van der Waals surface area contributed by atoms with E-state index in [2.05, 4.69) is 18.8 Å². The molecule has 3 nitrogen and oxygen atoms in total. The topological polar surface area (TPSA) is 37.8 Å². The summed E-state index contributed by atoms with van der Waals surface area (Å²) in [6, 6.07) is 0. The zero-order valence-corrected chi connectivity index (χ0v) is 6.51. The first-order chi connectivity index (χ1) is 4.63. The molecule has 0 aromatic carbocycles. The molecule has 0 aliphatic rings. The third kappa shape index (κ3) is 0.988. The minimum Gasteiger partial charge on any atom is -0.312 e. The smallest absolute Gasteiger partial charge is 0.312 e. The summed E-state index contributed by atoms with van der Waals surface area (Å²) in [5.41, 5.74) is 1.01. The molecule has 0 amide bonds. The van der Waals surface area contributed by atoms with Crippen LogP contribution in [0.3, 0.4) is 0 Å². The van der Waals surface area contributed by atoms with Crippen molar-refractivity contribution in [3.05, 3.63) is 22.4 Å². The molecule has 1 heterocycles. The van der Waals surface area contributed by atoms with Gasteiger partial charge in [0.2, 0.25) is 0 Å². The van der Waals surface area contributed by atoms with E-state index in [4.69, 9.17) is 0 Å². The molecule has 0 spiro atoms. The molecule has 3 heteroatoms. The van der Waals surface area contributed by atoms with Crippen LogP contribution in [0.2, 0.25) is 0 Å². The lowest BCUT2D eigenvalue weighted by Gasteiger charge is -2.02. The van der Waals surface area contributed by atoms with Gasteiger partial charge in [0.1, 0.15) is 0 Å². The van der Waals surface area contributed by atoms with Gasteiger partial charge in [-0.15, -0.1) is 0 Å². The zero-order chi connectivity index (χ0) is 7.72. The Balaban J connectivity index is 3.18. The Bertz CT molecular complexity index is 269. The van der Waals surface area contributed by atoms with E-state index in [1.165, 1.54) is 0 Å². The summed E-state index contributed by atoms with van der Waals surface area (Å²) in [6.45, 7) is 4.12. The first-order valence-electron chi connectivity index (χ1n) is 3.37. The predicted molar refractivity (Wildman–Crippen MR) is 40.1 cm³/mol. The van der Waals surface area contributed by atoms with Gasteiger partial charge in [0.15, 0.2) is 0 Å². The second-order valence-electron chi connectivity index (χ2n) is 2.73. The van der Waals surface area contributed by atoms with Gasteiger partial charge in [0.05, 0.1) is 0 Å². The van der Waals surface area contributed by atoms with E-state index in [1.807, 2.05) is 0 Å². The molecule has 0 aliphatic heterocycles. The van der Waals surface area contributed by atoms with E-state index in [1.54, 1.807) is 17.8 Å². The number of H-pyrrole nitrogens is 1. The third-order valence-electron chi connectivity index (χ3n) is 1.63. The first-order valence-corrected chi connectivity index (χ1v) is 3.37. The van der Waals surface area contributed by atoms with Crippen LogP contribution >= 0.6 is 0 Å². The van der Waals surface area contributed by atoms with Crippen molar-refractivity contribution >= 4 is 0 Å². The molecule has 1 aromatic heterocycles. The number of imidazole rings is 1. The van der Waals surface area contributed by atoms with Crippen LogP contribution in [0.25, 0.3) is 0 Å². The zero-order valence-electron chi connectivity index (χ0n) is 6.51. The fourth-order valence-electron chi connectivity index (χ4n) is 1.00. The summed E-state index contributed by atoms with van der Waals surface area (Å²) in [5.74, 6) is 0.406. The van der Waals surface area contributed by atoms with Gasteiger partial charge in [0.25, 0.3) is 0 Å². The van der Waals surface area contributed by atoms with Crippen LogP contribution in [0.1, 0.15) is 25.5 Å². The maximum Gasteiger partial charge on any atom is 0.325 e. The summed E-state index contributed by atoms with van der Waals surface area (Å²) in [5, 5.41) is 0. The van der Waals surface area contributed by atoms with Crippen molar-refractivity contribution in [1.82, 2.24) is 9.55 Å². The van der Waals surface area contributed by atoms with Gasteiger partial charge >= 0.3 is 5.69 Å².